The van der Waals surface area contributed by atoms with Crippen molar-refractivity contribution in [1.82, 2.24) is 9.97 Å². The molecule has 0 fully saturated rings. The summed E-state index contributed by atoms with van der Waals surface area (Å²) in [5.41, 5.74) is 1.01. The molecule has 0 aromatic carbocycles. The quantitative estimate of drug-likeness (QED) is 0.576. The molecule has 0 atom stereocenters. The Labute approximate surface area is 94.3 Å². The van der Waals surface area contributed by atoms with Crippen molar-refractivity contribution in [1.29, 1.82) is 0 Å². The molecule has 0 saturated carbocycles. The van der Waals surface area contributed by atoms with Crippen LogP contribution < -0.4 is 5.01 Å². The topological polar surface area (TPSA) is 41.4 Å². The van der Waals surface area contributed by atoms with E-state index in [4.69, 9.17) is 0 Å². The second kappa shape index (κ2) is 5.02. The van der Waals surface area contributed by atoms with Gasteiger partial charge in [-0.25, -0.2) is 4.98 Å². The van der Waals surface area contributed by atoms with Crippen LogP contribution in [-0.4, -0.2) is 23.2 Å². The minimum Gasteiger partial charge on any atom is -0.265 e. The molecule has 0 saturated heterocycles. The van der Waals surface area contributed by atoms with E-state index >= 15 is 0 Å². The Morgan fingerprint density at radius 2 is 1.94 bits per heavy atom. The highest BCUT2D eigenvalue weighted by Gasteiger charge is 1.96. The molecule has 4 nitrogen and oxygen atoms in total. The first-order valence-electron chi connectivity index (χ1n) is 4.95. The summed E-state index contributed by atoms with van der Waals surface area (Å²) in [6.07, 6.45) is 6.99. The Morgan fingerprint density at radius 3 is 2.62 bits per heavy atom. The van der Waals surface area contributed by atoms with Gasteiger partial charge < -0.3 is 0 Å². The van der Waals surface area contributed by atoms with Crippen molar-refractivity contribution < 1.29 is 0 Å². The molecule has 0 radical (unpaired) electrons. The second-order valence-corrected chi connectivity index (χ2v) is 3.24. The van der Waals surface area contributed by atoms with Gasteiger partial charge in [0.1, 0.15) is 5.82 Å². The molecular weight excluding hydrogens is 200 g/mol. The van der Waals surface area contributed by atoms with E-state index in [1.165, 1.54) is 0 Å². The molecule has 0 bridgehead atoms. The summed E-state index contributed by atoms with van der Waals surface area (Å²) in [6, 6.07) is 9.51. The molecule has 0 aliphatic carbocycles. The first-order valence-corrected chi connectivity index (χ1v) is 4.95. The van der Waals surface area contributed by atoms with Crippen LogP contribution in [0.3, 0.4) is 0 Å². The molecule has 4 heteroatoms. The van der Waals surface area contributed by atoms with Gasteiger partial charge in [0, 0.05) is 25.6 Å². The summed E-state index contributed by atoms with van der Waals surface area (Å²) in [5.74, 6) is 0.813. The molecule has 0 aliphatic rings. The molecule has 2 heterocycles. The fourth-order valence-electron chi connectivity index (χ4n) is 1.21. The zero-order valence-electron chi connectivity index (χ0n) is 8.99. The maximum absolute atomic E-state index is 4.28. The average Bonchev–Trinajstić information content (AvgIpc) is 2.38. The van der Waals surface area contributed by atoms with Crippen LogP contribution in [0.4, 0.5) is 5.82 Å². The number of aromatic nitrogens is 2. The average molecular weight is 212 g/mol. The zero-order valence-corrected chi connectivity index (χ0v) is 8.99. The Bertz CT molecular complexity index is 453. The second-order valence-electron chi connectivity index (χ2n) is 3.24. The fraction of sp³-hybridized carbons (Fsp3) is 0.0833. The number of rotatable bonds is 3. The highest BCUT2D eigenvalue weighted by Crippen LogP contribution is 2.06. The lowest BCUT2D eigenvalue weighted by Crippen LogP contribution is -2.10. The van der Waals surface area contributed by atoms with Crippen LogP contribution in [0.15, 0.2) is 54.0 Å². The molecule has 16 heavy (non-hydrogen) atoms. The molecule has 0 unspecified atom stereocenters. The Kier molecular flexibility index (Phi) is 3.23. The number of hydrogen-bond donors (Lipinski definition) is 0. The molecule has 0 amide bonds. The van der Waals surface area contributed by atoms with Crippen molar-refractivity contribution in [2.24, 2.45) is 5.10 Å². The lowest BCUT2D eigenvalue weighted by atomic mass is 10.3. The van der Waals surface area contributed by atoms with Gasteiger partial charge in [0.2, 0.25) is 0 Å². The molecule has 2 aromatic heterocycles. The van der Waals surface area contributed by atoms with E-state index in [-0.39, 0.29) is 0 Å². The maximum atomic E-state index is 4.28. The number of hydrogen-bond acceptors (Lipinski definition) is 4. The number of anilines is 1. The third-order valence-electron chi connectivity index (χ3n) is 2.07. The van der Waals surface area contributed by atoms with E-state index in [0.717, 1.165) is 11.4 Å². The summed E-state index contributed by atoms with van der Waals surface area (Å²) < 4.78 is 0. The van der Waals surface area contributed by atoms with Gasteiger partial charge in [-0.05, 0) is 29.8 Å². The minimum absolute atomic E-state index is 0.813. The zero-order chi connectivity index (χ0) is 11.2. The van der Waals surface area contributed by atoms with Gasteiger partial charge in [0.15, 0.2) is 0 Å². The first-order chi connectivity index (χ1) is 7.86. The first kappa shape index (κ1) is 10.3. The SMILES string of the molecule is CN(/N=C/c1ccncc1)c1ccccn1. The van der Waals surface area contributed by atoms with Gasteiger partial charge in [-0.3, -0.25) is 9.99 Å². The standard InChI is InChI=1S/C12H12N4/c1-16(12-4-2-3-7-14-12)15-10-11-5-8-13-9-6-11/h2-10H,1H3/b15-10+. The predicted molar refractivity (Wildman–Crippen MR) is 64.5 cm³/mol. The van der Waals surface area contributed by atoms with E-state index in [1.807, 2.05) is 37.4 Å². The van der Waals surface area contributed by atoms with Gasteiger partial charge in [0.25, 0.3) is 0 Å². The number of nitrogens with zero attached hydrogens (tertiary/aromatic N) is 4. The van der Waals surface area contributed by atoms with Crippen LogP contribution in [0.25, 0.3) is 0 Å². The molecule has 0 aliphatic heterocycles. The van der Waals surface area contributed by atoms with Crippen molar-refractivity contribution in [3.8, 4) is 0 Å². The van der Waals surface area contributed by atoms with Crippen molar-refractivity contribution in [2.75, 3.05) is 12.1 Å². The van der Waals surface area contributed by atoms with Crippen LogP contribution in [0.5, 0.6) is 0 Å². The van der Waals surface area contributed by atoms with E-state index in [2.05, 4.69) is 15.1 Å². The van der Waals surface area contributed by atoms with Crippen molar-refractivity contribution in [2.45, 2.75) is 0 Å². The van der Waals surface area contributed by atoms with Gasteiger partial charge >= 0.3 is 0 Å². The van der Waals surface area contributed by atoms with Crippen molar-refractivity contribution in [3.05, 3.63) is 54.5 Å². The lowest BCUT2D eigenvalue weighted by Gasteiger charge is -2.10. The smallest absolute Gasteiger partial charge is 0.148 e. The molecule has 0 spiro atoms. The Hall–Kier alpha value is -2.23. The van der Waals surface area contributed by atoms with Crippen LogP contribution in [0.2, 0.25) is 0 Å². The third-order valence-corrected chi connectivity index (χ3v) is 2.07. The van der Waals surface area contributed by atoms with Gasteiger partial charge in [-0.2, -0.15) is 5.10 Å². The van der Waals surface area contributed by atoms with E-state index in [9.17, 15) is 0 Å². The fourth-order valence-corrected chi connectivity index (χ4v) is 1.21. The van der Waals surface area contributed by atoms with Crippen molar-refractivity contribution >= 4 is 12.0 Å². The number of pyridine rings is 2. The number of hydrazone groups is 1. The Morgan fingerprint density at radius 1 is 1.12 bits per heavy atom. The highest BCUT2D eigenvalue weighted by molar-refractivity contribution is 5.79. The normalized spacial score (nSPS) is 10.6. The van der Waals surface area contributed by atoms with E-state index in [0.29, 0.717) is 0 Å². The van der Waals surface area contributed by atoms with Crippen LogP contribution >= 0.6 is 0 Å². The van der Waals surface area contributed by atoms with Gasteiger partial charge in [-0.15, -0.1) is 0 Å². The molecular formula is C12H12N4. The largest absolute Gasteiger partial charge is 0.265 e. The van der Waals surface area contributed by atoms with E-state index in [1.54, 1.807) is 29.8 Å². The molecule has 0 N–H and O–H groups in total. The minimum atomic E-state index is 0.813. The van der Waals surface area contributed by atoms with E-state index < -0.39 is 0 Å². The lowest BCUT2D eigenvalue weighted by molar-refractivity contribution is 0.983. The maximum Gasteiger partial charge on any atom is 0.148 e. The summed E-state index contributed by atoms with van der Waals surface area (Å²) in [5, 5.41) is 6.01. The van der Waals surface area contributed by atoms with Crippen molar-refractivity contribution in [3.63, 3.8) is 0 Å². The summed E-state index contributed by atoms with van der Waals surface area (Å²) in [4.78, 5) is 8.13. The summed E-state index contributed by atoms with van der Waals surface area (Å²) in [7, 11) is 1.86. The van der Waals surface area contributed by atoms with Gasteiger partial charge in [-0.1, -0.05) is 6.07 Å². The molecule has 80 valence electrons. The summed E-state index contributed by atoms with van der Waals surface area (Å²) >= 11 is 0. The monoisotopic (exact) mass is 212 g/mol. The Balaban J connectivity index is 2.08. The predicted octanol–water partition coefficient (Wildman–Crippen LogP) is 1.95. The molecule has 2 rings (SSSR count). The van der Waals surface area contributed by atoms with Gasteiger partial charge in [0.05, 0.1) is 6.21 Å². The van der Waals surface area contributed by atoms with Crippen LogP contribution in [0.1, 0.15) is 5.56 Å². The third kappa shape index (κ3) is 2.63. The van der Waals surface area contributed by atoms with Crippen LogP contribution in [0, 0.1) is 0 Å². The molecule has 2 aromatic rings. The summed E-state index contributed by atoms with van der Waals surface area (Å²) in [6.45, 7) is 0. The van der Waals surface area contributed by atoms with Crippen LogP contribution in [-0.2, 0) is 0 Å². The highest BCUT2D eigenvalue weighted by atomic mass is 15.5.